The second-order valence-corrected chi connectivity index (χ2v) is 1.37. The highest BCUT2D eigenvalue weighted by atomic mass is 16.7. The van der Waals surface area contributed by atoms with Gasteiger partial charge in [0.05, 0.1) is 0 Å². The molecule has 1 rings (SSSR count). The Kier molecular flexibility index (Phi) is 0.867. The van der Waals surface area contributed by atoms with Gasteiger partial charge < -0.3 is 4.84 Å². The third kappa shape index (κ3) is 0.640. The van der Waals surface area contributed by atoms with Gasteiger partial charge in [0.1, 0.15) is 6.67 Å². The van der Waals surface area contributed by atoms with Gasteiger partial charge in [-0.2, -0.15) is 0 Å². The molecule has 1 heterocycles. The summed E-state index contributed by atoms with van der Waals surface area (Å²) in [6, 6.07) is 0. The van der Waals surface area contributed by atoms with Gasteiger partial charge in [0, 0.05) is 7.05 Å². The number of hydrogen-bond donors (Lipinski definition) is 1. The third-order valence-corrected chi connectivity index (χ3v) is 0.773. The van der Waals surface area contributed by atoms with Crippen LogP contribution in [-0.2, 0) is 4.84 Å². The van der Waals surface area contributed by atoms with Gasteiger partial charge in [0.15, 0.2) is 0 Å². The van der Waals surface area contributed by atoms with E-state index >= 15 is 0 Å². The van der Waals surface area contributed by atoms with Crippen molar-refractivity contribution in [3.8, 4) is 0 Å². The van der Waals surface area contributed by atoms with E-state index in [1.165, 1.54) is 4.90 Å². The molecule has 0 saturated carbocycles. The molecule has 1 N–H and O–H groups in total. The molecule has 0 aromatic heterocycles. The van der Waals surface area contributed by atoms with Crippen molar-refractivity contribution in [3.63, 3.8) is 0 Å². The summed E-state index contributed by atoms with van der Waals surface area (Å²) in [6.07, 6.45) is -0.319. The number of nitrogens with zero attached hydrogens (tertiary/aromatic N) is 1. The standard InChI is InChI=1S/C3H6N2O2/c1-5-2-4-7-3(5)6/h4H,2H2,1H3. The Morgan fingerprint density at radius 3 is 2.86 bits per heavy atom. The Morgan fingerprint density at radius 1 is 2.00 bits per heavy atom. The summed E-state index contributed by atoms with van der Waals surface area (Å²) in [5.74, 6) is 0. The lowest BCUT2D eigenvalue weighted by atomic mass is 10.9. The van der Waals surface area contributed by atoms with Crippen LogP contribution in [0.5, 0.6) is 0 Å². The van der Waals surface area contributed by atoms with E-state index in [4.69, 9.17) is 0 Å². The van der Waals surface area contributed by atoms with E-state index in [9.17, 15) is 4.79 Å². The molecule has 1 saturated heterocycles. The van der Waals surface area contributed by atoms with Gasteiger partial charge in [0.2, 0.25) is 0 Å². The van der Waals surface area contributed by atoms with Crippen molar-refractivity contribution in [2.75, 3.05) is 13.7 Å². The van der Waals surface area contributed by atoms with Crippen LogP contribution in [0.4, 0.5) is 4.79 Å². The van der Waals surface area contributed by atoms with E-state index in [1.54, 1.807) is 7.05 Å². The molecular formula is C3H6N2O2. The average molecular weight is 102 g/mol. The minimum Gasteiger partial charge on any atom is -0.352 e. The van der Waals surface area contributed by atoms with Crippen molar-refractivity contribution in [2.45, 2.75) is 0 Å². The molecule has 0 radical (unpaired) electrons. The molecular weight excluding hydrogens is 96.0 g/mol. The first kappa shape index (κ1) is 4.39. The predicted molar refractivity (Wildman–Crippen MR) is 22.2 cm³/mol. The van der Waals surface area contributed by atoms with Gasteiger partial charge in [-0.05, 0) is 0 Å². The maximum absolute atomic E-state index is 10.2. The fourth-order valence-electron chi connectivity index (χ4n) is 0.333. The lowest BCUT2D eigenvalue weighted by molar-refractivity contribution is 0.127. The van der Waals surface area contributed by atoms with Gasteiger partial charge in [-0.3, -0.25) is 4.90 Å². The highest BCUT2D eigenvalue weighted by Crippen LogP contribution is 1.91. The van der Waals surface area contributed by atoms with Crippen LogP contribution in [0, 0.1) is 0 Å². The molecule has 1 aliphatic rings. The minimum atomic E-state index is -0.319. The molecule has 40 valence electrons. The van der Waals surface area contributed by atoms with Crippen LogP contribution in [0.2, 0.25) is 0 Å². The van der Waals surface area contributed by atoms with Crippen molar-refractivity contribution in [3.05, 3.63) is 0 Å². The summed E-state index contributed by atoms with van der Waals surface area (Å²) < 4.78 is 0. The number of carbonyl (C=O) groups is 1. The van der Waals surface area contributed by atoms with Crippen molar-refractivity contribution >= 4 is 6.09 Å². The molecule has 7 heavy (non-hydrogen) atoms. The molecule has 1 aliphatic heterocycles. The van der Waals surface area contributed by atoms with E-state index in [2.05, 4.69) is 10.3 Å². The minimum absolute atomic E-state index is 0.319. The number of amides is 1. The Bertz CT molecular complexity index is 92.9. The Labute approximate surface area is 41.0 Å². The predicted octanol–water partition coefficient (Wildman–Crippen LogP) is -0.469. The molecule has 4 nitrogen and oxygen atoms in total. The summed E-state index contributed by atoms with van der Waals surface area (Å²) in [4.78, 5) is 15.9. The average Bonchev–Trinajstić information content (AvgIpc) is 1.91. The molecule has 0 aromatic rings. The topological polar surface area (TPSA) is 41.6 Å². The molecule has 0 aromatic carbocycles. The summed E-state index contributed by atoms with van der Waals surface area (Å²) in [5, 5.41) is 0. The molecule has 0 aliphatic carbocycles. The zero-order valence-electron chi connectivity index (χ0n) is 3.97. The van der Waals surface area contributed by atoms with Gasteiger partial charge in [-0.1, -0.05) is 0 Å². The monoisotopic (exact) mass is 102 g/mol. The van der Waals surface area contributed by atoms with E-state index in [-0.39, 0.29) is 6.09 Å². The molecule has 4 heteroatoms. The van der Waals surface area contributed by atoms with E-state index in [0.717, 1.165) is 0 Å². The van der Waals surface area contributed by atoms with Crippen LogP contribution in [0.15, 0.2) is 0 Å². The molecule has 0 unspecified atom stereocenters. The zero-order valence-corrected chi connectivity index (χ0v) is 3.97. The van der Waals surface area contributed by atoms with Crippen molar-refractivity contribution in [1.29, 1.82) is 0 Å². The number of rotatable bonds is 0. The Balaban J connectivity index is 2.48. The van der Waals surface area contributed by atoms with Gasteiger partial charge in [-0.25, -0.2) is 4.79 Å². The largest absolute Gasteiger partial charge is 0.429 e. The maximum atomic E-state index is 10.2. The SMILES string of the molecule is CN1CNOC1=O. The first-order chi connectivity index (χ1) is 3.30. The molecule has 0 spiro atoms. The number of hydrogen-bond acceptors (Lipinski definition) is 3. The number of carbonyl (C=O) groups excluding carboxylic acids is 1. The lowest BCUT2D eigenvalue weighted by Crippen LogP contribution is -2.18. The van der Waals surface area contributed by atoms with Gasteiger partial charge in [-0.15, -0.1) is 5.48 Å². The second-order valence-electron chi connectivity index (χ2n) is 1.37. The first-order valence-corrected chi connectivity index (χ1v) is 1.95. The van der Waals surface area contributed by atoms with E-state index in [1.807, 2.05) is 0 Å². The smallest absolute Gasteiger partial charge is 0.352 e. The van der Waals surface area contributed by atoms with E-state index in [0.29, 0.717) is 6.67 Å². The summed E-state index contributed by atoms with van der Waals surface area (Å²) in [7, 11) is 1.66. The molecule has 1 fully saturated rings. The molecule has 1 amide bonds. The normalized spacial score (nSPS) is 20.1. The van der Waals surface area contributed by atoms with Crippen molar-refractivity contribution in [1.82, 2.24) is 10.4 Å². The van der Waals surface area contributed by atoms with E-state index < -0.39 is 0 Å². The summed E-state index contributed by atoms with van der Waals surface area (Å²) in [5.41, 5.74) is 2.40. The van der Waals surface area contributed by atoms with Crippen LogP contribution in [0.25, 0.3) is 0 Å². The summed E-state index contributed by atoms with van der Waals surface area (Å²) >= 11 is 0. The Morgan fingerprint density at radius 2 is 2.71 bits per heavy atom. The first-order valence-electron chi connectivity index (χ1n) is 1.95. The van der Waals surface area contributed by atoms with Gasteiger partial charge in [0.25, 0.3) is 0 Å². The molecule has 0 atom stereocenters. The van der Waals surface area contributed by atoms with Crippen LogP contribution in [0.1, 0.15) is 0 Å². The van der Waals surface area contributed by atoms with Crippen LogP contribution in [0.3, 0.4) is 0 Å². The highest BCUT2D eigenvalue weighted by molar-refractivity contribution is 5.67. The second kappa shape index (κ2) is 1.38. The quantitative estimate of drug-likeness (QED) is 0.449. The summed E-state index contributed by atoms with van der Waals surface area (Å²) in [6.45, 7) is 0.485. The van der Waals surface area contributed by atoms with Crippen LogP contribution in [-0.4, -0.2) is 24.7 Å². The maximum Gasteiger partial charge on any atom is 0.429 e. The fraction of sp³-hybridized carbons (Fsp3) is 0.667. The fourth-order valence-corrected chi connectivity index (χ4v) is 0.333. The van der Waals surface area contributed by atoms with Crippen LogP contribution < -0.4 is 5.48 Å². The van der Waals surface area contributed by atoms with Gasteiger partial charge >= 0.3 is 6.09 Å². The lowest BCUT2D eigenvalue weighted by Gasteiger charge is -1.96. The highest BCUT2D eigenvalue weighted by Gasteiger charge is 2.15. The number of hydroxylamine groups is 1. The van der Waals surface area contributed by atoms with Crippen LogP contribution >= 0.6 is 0 Å². The van der Waals surface area contributed by atoms with Crippen molar-refractivity contribution in [2.24, 2.45) is 0 Å². The molecule has 0 bridgehead atoms. The Hall–Kier alpha value is -0.770. The third-order valence-electron chi connectivity index (χ3n) is 0.773. The number of nitrogens with one attached hydrogen (secondary N) is 1. The van der Waals surface area contributed by atoms with Crippen molar-refractivity contribution < 1.29 is 9.63 Å². The zero-order chi connectivity index (χ0) is 5.28.